The Balaban J connectivity index is 2.05. The van der Waals surface area contributed by atoms with Crippen molar-refractivity contribution in [2.45, 2.75) is 18.4 Å². The zero-order chi connectivity index (χ0) is 15.5. The van der Waals surface area contributed by atoms with Gasteiger partial charge >= 0.3 is 0 Å². The van der Waals surface area contributed by atoms with Gasteiger partial charge < -0.3 is 4.74 Å². The zero-order valence-electron chi connectivity index (χ0n) is 13.3. The third kappa shape index (κ3) is 2.67. The molecule has 0 saturated carbocycles. The van der Waals surface area contributed by atoms with E-state index in [1.807, 2.05) is 6.08 Å². The largest absolute Gasteiger partial charge is 0.497 e. The highest BCUT2D eigenvalue weighted by Crippen LogP contribution is 2.41. The second-order valence-corrected chi connectivity index (χ2v) is 5.95. The van der Waals surface area contributed by atoms with Crippen LogP contribution in [0.15, 0.2) is 61.2 Å². The molecule has 2 heteroatoms. The van der Waals surface area contributed by atoms with Crippen molar-refractivity contribution in [2.75, 3.05) is 20.7 Å². The minimum Gasteiger partial charge on any atom is -0.497 e. The van der Waals surface area contributed by atoms with E-state index in [2.05, 4.69) is 67.1 Å². The molecule has 0 bridgehead atoms. The number of fused-ring (bicyclic) bond motifs is 1. The van der Waals surface area contributed by atoms with Crippen LogP contribution >= 0.6 is 0 Å². The van der Waals surface area contributed by atoms with Gasteiger partial charge in [0.2, 0.25) is 0 Å². The molecule has 0 heterocycles. The van der Waals surface area contributed by atoms with Crippen LogP contribution in [0.3, 0.4) is 0 Å². The fourth-order valence-corrected chi connectivity index (χ4v) is 3.54. The van der Waals surface area contributed by atoms with Crippen LogP contribution in [-0.2, 0) is 6.42 Å². The number of benzene rings is 2. The highest BCUT2D eigenvalue weighted by atomic mass is 16.5. The molecule has 22 heavy (non-hydrogen) atoms. The highest BCUT2D eigenvalue weighted by Gasteiger charge is 2.35. The number of nitrogens with zero attached hydrogens (tertiary/aromatic N) is 1. The molecular weight excluding hydrogens is 270 g/mol. The third-order valence-corrected chi connectivity index (χ3v) is 4.64. The van der Waals surface area contributed by atoms with Gasteiger partial charge in [0.15, 0.2) is 0 Å². The van der Waals surface area contributed by atoms with Gasteiger partial charge in [-0.15, -0.1) is 6.58 Å². The summed E-state index contributed by atoms with van der Waals surface area (Å²) in [6, 6.07) is 17.7. The predicted octanol–water partition coefficient (Wildman–Crippen LogP) is 3.87. The maximum atomic E-state index is 5.44. The first-order chi connectivity index (χ1) is 10.7. The van der Waals surface area contributed by atoms with Gasteiger partial charge in [-0.3, -0.25) is 4.90 Å². The van der Waals surface area contributed by atoms with Crippen LogP contribution in [0.25, 0.3) is 0 Å². The van der Waals surface area contributed by atoms with E-state index >= 15 is 0 Å². The van der Waals surface area contributed by atoms with E-state index < -0.39 is 0 Å². The van der Waals surface area contributed by atoms with Crippen LogP contribution in [0.4, 0.5) is 0 Å². The zero-order valence-corrected chi connectivity index (χ0v) is 13.3. The Hall–Kier alpha value is -2.06. The van der Waals surface area contributed by atoms with Crippen molar-refractivity contribution in [3.8, 4) is 5.75 Å². The molecule has 2 nitrogen and oxygen atoms in total. The second-order valence-electron chi connectivity index (χ2n) is 5.95. The maximum Gasteiger partial charge on any atom is 0.119 e. The lowest BCUT2D eigenvalue weighted by molar-refractivity contribution is 0.256. The third-order valence-electron chi connectivity index (χ3n) is 4.64. The minimum atomic E-state index is 0.385. The molecule has 114 valence electrons. The Morgan fingerprint density at radius 2 is 2.00 bits per heavy atom. The Bertz CT molecular complexity index is 650. The molecule has 2 aromatic rings. The van der Waals surface area contributed by atoms with E-state index in [9.17, 15) is 0 Å². The number of hydrogen-bond acceptors (Lipinski definition) is 2. The fourth-order valence-electron chi connectivity index (χ4n) is 3.54. The monoisotopic (exact) mass is 293 g/mol. The number of hydrogen-bond donors (Lipinski definition) is 0. The first-order valence-electron chi connectivity index (χ1n) is 7.77. The van der Waals surface area contributed by atoms with Crippen molar-refractivity contribution < 1.29 is 4.74 Å². The van der Waals surface area contributed by atoms with Crippen LogP contribution in [0, 0.1) is 0 Å². The van der Waals surface area contributed by atoms with Crippen molar-refractivity contribution >= 4 is 0 Å². The summed E-state index contributed by atoms with van der Waals surface area (Å²) >= 11 is 0. The Morgan fingerprint density at radius 3 is 2.68 bits per heavy atom. The van der Waals surface area contributed by atoms with Gasteiger partial charge in [-0.25, -0.2) is 0 Å². The summed E-state index contributed by atoms with van der Waals surface area (Å²) in [5.74, 6) is 1.32. The Morgan fingerprint density at radius 1 is 1.23 bits per heavy atom. The van der Waals surface area contributed by atoms with Crippen LogP contribution in [0.1, 0.15) is 22.6 Å². The van der Waals surface area contributed by atoms with Gasteiger partial charge in [-0.1, -0.05) is 42.5 Å². The summed E-state index contributed by atoms with van der Waals surface area (Å²) in [6.07, 6.45) is 3.05. The smallest absolute Gasteiger partial charge is 0.119 e. The lowest BCUT2D eigenvalue weighted by atomic mass is 9.89. The number of ether oxygens (including phenoxy) is 1. The van der Waals surface area contributed by atoms with Crippen molar-refractivity contribution in [3.63, 3.8) is 0 Å². The molecule has 0 radical (unpaired) electrons. The SMILES string of the molecule is C=CCN(C)[C@H]1Cc2ccc(OC)cc2[C@@H]1c1ccccc1. The molecule has 1 aliphatic carbocycles. The Labute approximate surface area is 133 Å². The van der Waals surface area contributed by atoms with Crippen molar-refractivity contribution in [2.24, 2.45) is 0 Å². The molecular formula is C20H23NO. The van der Waals surface area contributed by atoms with E-state index in [4.69, 9.17) is 4.74 Å². The van der Waals surface area contributed by atoms with E-state index in [0.29, 0.717) is 12.0 Å². The summed E-state index contributed by atoms with van der Waals surface area (Å²) in [5, 5.41) is 0. The van der Waals surface area contributed by atoms with E-state index in [1.54, 1.807) is 7.11 Å². The molecule has 0 N–H and O–H groups in total. The maximum absolute atomic E-state index is 5.44. The van der Waals surface area contributed by atoms with Gasteiger partial charge in [-0.05, 0) is 42.3 Å². The van der Waals surface area contributed by atoms with E-state index in [1.165, 1.54) is 16.7 Å². The lowest BCUT2D eigenvalue weighted by Crippen LogP contribution is -2.35. The van der Waals surface area contributed by atoms with Crippen LogP contribution in [0.5, 0.6) is 5.75 Å². The molecule has 0 unspecified atom stereocenters. The second kappa shape index (κ2) is 6.37. The Kier molecular flexibility index (Phi) is 4.30. The van der Waals surface area contributed by atoms with E-state index in [0.717, 1.165) is 18.7 Å². The van der Waals surface area contributed by atoms with Gasteiger partial charge in [0.05, 0.1) is 7.11 Å². The number of likely N-dealkylation sites (N-methyl/N-ethyl adjacent to an activating group) is 1. The van der Waals surface area contributed by atoms with Gasteiger partial charge in [-0.2, -0.15) is 0 Å². The van der Waals surface area contributed by atoms with Crippen molar-refractivity contribution in [3.05, 3.63) is 77.9 Å². The molecule has 2 aromatic carbocycles. The highest BCUT2D eigenvalue weighted by molar-refractivity contribution is 5.48. The number of methoxy groups -OCH3 is 1. The van der Waals surface area contributed by atoms with Crippen molar-refractivity contribution in [1.29, 1.82) is 0 Å². The van der Waals surface area contributed by atoms with Gasteiger partial charge in [0.1, 0.15) is 5.75 Å². The van der Waals surface area contributed by atoms with Crippen LogP contribution in [0.2, 0.25) is 0 Å². The summed E-state index contributed by atoms with van der Waals surface area (Å²) in [4.78, 5) is 2.40. The average molecular weight is 293 g/mol. The average Bonchev–Trinajstić information content (AvgIpc) is 2.94. The fraction of sp³-hybridized carbons (Fsp3) is 0.300. The normalized spacial score (nSPS) is 20.0. The van der Waals surface area contributed by atoms with Crippen molar-refractivity contribution in [1.82, 2.24) is 4.90 Å². The first kappa shape index (κ1) is 14.9. The summed E-state index contributed by atoms with van der Waals surface area (Å²) in [6.45, 7) is 4.79. The molecule has 3 rings (SSSR count). The molecule has 0 aromatic heterocycles. The number of rotatable bonds is 5. The molecule has 0 spiro atoms. The molecule has 0 saturated heterocycles. The minimum absolute atomic E-state index is 0.385. The summed E-state index contributed by atoms with van der Waals surface area (Å²) in [5.41, 5.74) is 4.19. The molecule has 0 fully saturated rings. The molecule has 0 aliphatic heterocycles. The van der Waals surface area contributed by atoms with Crippen LogP contribution < -0.4 is 4.74 Å². The standard InChI is InChI=1S/C20H23NO/c1-4-12-21(2)19-13-16-10-11-17(22-3)14-18(16)20(19)15-8-6-5-7-9-15/h4-11,14,19-20H,1,12-13H2,2-3H3/t19-,20-/m0/s1. The van der Waals surface area contributed by atoms with Gasteiger partial charge in [0.25, 0.3) is 0 Å². The lowest BCUT2D eigenvalue weighted by Gasteiger charge is -2.29. The first-order valence-corrected chi connectivity index (χ1v) is 7.77. The summed E-state index contributed by atoms with van der Waals surface area (Å²) < 4.78 is 5.44. The summed E-state index contributed by atoms with van der Waals surface area (Å²) in [7, 11) is 3.92. The quantitative estimate of drug-likeness (QED) is 0.776. The topological polar surface area (TPSA) is 12.5 Å². The predicted molar refractivity (Wildman–Crippen MR) is 91.6 cm³/mol. The molecule has 2 atom stereocenters. The molecule has 0 amide bonds. The molecule has 1 aliphatic rings. The van der Waals surface area contributed by atoms with Gasteiger partial charge in [0, 0.05) is 18.5 Å². The van der Waals surface area contributed by atoms with Crippen LogP contribution in [-0.4, -0.2) is 31.6 Å². The van der Waals surface area contributed by atoms with E-state index in [-0.39, 0.29) is 0 Å².